The lowest BCUT2D eigenvalue weighted by molar-refractivity contribution is -0.157. The van der Waals surface area contributed by atoms with Crippen molar-refractivity contribution in [3.8, 4) is 0 Å². The molecule has 0 radical (unpaired) electrons. The molecule has 0 saturated carbocycles. The summed E-state index contributed by atoms with van der Waals surface area (Å²) in [6, 6.07) is -12.3. The van der Waals surface area contributed by atoms with Crippen molar-refractivity contribution >= 4 is 65.0 Å². The molecular weight excluding hydrogens is 1100 g/mol. The average molecular weight is 1220 g/mol. The lowest BCUT2D eigenvalue weighted by Gasteiger charge is -2.42. The first-order chi connectivity index (χ1) is 39.6. The maximum absolute atomic E-state index is 15.2. The summed E-state index contributed by atoms with van der Waals surface area (Å²) in [7, 11) is 9.98. The lowest BCUT2D eigenvalue weighted by Crippen LogP contribution is -2.64. The summed E-state index contributed by atoms with van der Waals surface area (Å²) in [5, 5.41) is 23.3. The second-order valence-corrected chi connectivity index (χ2v) is 27.2. The number of hydrogen-bond donors (Lipinski definition) is 5. The van der Waals surface area contributed by atoms with E-state index < -0.39 is 162 Å². The summed E-state index contributed by atoms with van der Waals surface area (Å²) >= 11 is 0. The van der Waals surface area contributed by atoms with Gasteiger partial charge in [-0.2, -0.15) is 0 Å². The Morgan fingerprint density at radius 3 is 1.22 bits per heavy atom. The molecule has 1 aliphatic heterocycles. The summed E-state index contributed by atoms with van der Waals surface area (Å²) in [6.45, 7) is 31.4. The second kappa shape index (κ2) is 35.2. The largest absolute Gasteiger partial charge is 0.390 e. The number of carbonyl (C=O) groups excluding carboxylic acids is 11. The number of aliphatic hydroxyl groups excluding tert-OH is 1. The third-order valence-corrected chi connectivity index (χ3v) is 16.6. The highest BCUT2D eigenvalue weighted by atomic mass is 16.3. The van der Waals surface area contributed by atoms with Crippen LogP contribution < -0.4 is 21.3 Å². The highest BCUT2D eigenvalue weighted by molar-refractivity contribution is 5.99. The fourth-order valence-corrected chi connectivity index (χ4v) is 11.0. The van der Waals surface area contributed by atoms with Crippen LogP contribution in [0.15, 0.2) is 0 Å². The van der Waals surface area contributed by atoms with Crippen molar-refractivity contribution in [2.45, 2.75) is 236 Å². The molecular formula is C63H115N11O12. The molecule has 1 rings (SSSR count). The molecule has 0 aromatic rings. The number of likely N-dealkylation sites (N-methyl/N-ethyl adjacent to an activating group) is 7. The number of unbranched alkanes of at least 4 members (excludes halogenated alkanes) is 1. The van der Waals surface area contributed by atoms with E-state index in [1.165, 1.54) is 87.7 Å². The molecule has 1 aliphatic rings. The number of rotatable bonds is 16. The molecule has 11 amide bonds. The predicted molar refractivity (Wildman–Crippen MR) is 333 cm³/mol. The number of carbonyl (C=O) groups is 11. The van der Waals surface area contributed by atoms with Crippen LogP contribution in [0.25, 0.3) is 0 Å². The molecule has 0 aliphatic carbocycles. The molecule has 494 valence electrons. The Morgan fingerprint density at radius 1 is 0.407 bits per heavy atom. The van der Waals surface area contributed by atoms with Gasteiger partial charge in [-0.1, -0.05) is 124 Å². The van der Waals surface area contributed by atoms with Crippen molar-refractivity contribution in [2.75, 3.05) is 55.9 Å². The Balaban J connectivity index is 4.36. The van der Waals surface area contributed by atoms with Crippen LogP contribution in [0.1, 0.15) is 170 Å². The summed E-state index contributed by atoms with van der Waals surface area (Å²) < 4.78 is 0. The van der Waals surface area contributed by atoms with Crippen molar-refractivity contribution < 1.29 is 57.8 Å². The van der Waals surface area contributed by atoms with E-state index in [4.69, 9.17) is 0 Å². The SMILES string of the molecule is CCCCC(C)C(O)[C@H]1C(=O)N[C@@H](C(C)C)C(=O)N(C)CC(=O)N(C)[C@@H](CC(C)C)C(=O)N[C@@H](C(C)C)C(=O)N(C)[C@@H](CC(C)C)C(=O)N[C@@H](C)C(=O)N[C@H](C)C(=O)N(C)[C@@H](CC(C)C)C(=O)N(C)[C@@H](CC(C)C)C(=O)N(C)[C@@H](C(C)C)C(=O)N1C. The Hall–Kier alpha value is -5.87. The maximum Gasteiger partial charge on any atom is 0.246 e. The van der Waals surface area contributed by atoms with E-state index in [1.807, 2.05) is 62.3 Å². The van der Waals surface area contributed by atoms with E-state index in [0.717, 1.165) is 16.2 Å². The maximum atomic E-state index is 15.2. The van der Waals surface area contributed by atoms with Gasteiger partial charge in [-0.3, -0.25) is 52.7 Å². The van der Waals surface area contributed by atoms with Crippen LogP contribution in [-0.2, 0) is 52.7 Å². The van der Waals surface area contributed by atoms with Crippen LogP contribution in [0.5, 0.6) is 0 Å². The zero-order valence-corrected chi connectivity index (χ0v) is 57.2. The van der Waals surface area contributed by atoms with E-state index in [2.05, 4.69) is 21.3 Å². The fraction of sp³-hybridized carbons (Fsp3) is 0.825. The van der Waals surface area contributed by atoms with Crippen molar-refractivity contribution in [2.24, 2.45) is 47.3 Å². The van der Waals surface area contributed by atoms with Gasteiger partial charge in [0.25, 0.3) is 0 Å². The number of aliphatic hydroxyl groups is 1. The van der Waals surface area contributed by atoms with Gasteiger partial charge in [0.1, 0.15) is 60.4 Å². The molecule has 0 aromatic heterocycles. The van der Waals surface area contributed by atoms with Crippen molar-refractivity contribution in [1.29, 1.82) is 0 Å². The fourth-order valence-electron chi connectivity index (χ4n) is 11.0. The summed E-state index contributed by atoms with van der Waals surface area (Å²) in [6.07, 6.45) is 1.14. The smallest absolute Gasteiger partial charge is 0.246 e. The summed E-state index contributed by atoms with van der Waals surface area (Å²) in [5.74, 6) is -10.1. The van der Waals surface area contributed by atoms with Crippen molar-refractivity contribution in [1.82, 2.24) is 55.6 Å². The number of amides is 11. The molecule has 12 atom stereocenters. The monoisotopic (exact) mass is 1220 g/mol. The topological polar surface area (TPSA) is 279 Å². The van der Waals surface area contributed by atoms with E-state index in [-0.39, 0.29) is 49.4 Å². The van der Waals surface area contributed by atoms with E-state index in [1.54, 1.807) is 48.5 Å². The minimum Gasteiger partial charge on any atom is -0.390 e. The Labute approximate surface area is 515 Å². The molecule has 2 unspecified atom stereocenters. The molecule has 0 aromatic carbocycles. The third-order valence-electron chi connectivity index (χ3n) is 16.6. The molecule has 1 fully saturated rings. The zero-order valence-electron chi connectivity index (χ0n) is 57.2. The Kier molecular flexibility index (Phi) is 32.0. The number of nitrogens with one attached hydrogen (secondary N) is 4. The standard InChI is InChI=1S/C63H115N11O12/c1-26-27-28-41(16)53(76)52-57(80)67-49(38(10)11)61(84)68(19)33-48(75)69(20)44(29-34(2)3)56(79)66-50(39(12)13)62(85)70(21)45(30-35(4)5)55(78)64-42(17)54(77)65-43(18)58(81)71(22)46(31-36(6)7)59(82)72(23)47(32-37(8)9)60(83)73(24)51(40(14)15)63(86)74(52)25/h34-47,49-53,76H,26-33H2,1-25H3,(H,64,78)(H,65,77)(H,66,79)(H,67,80)/t41?,42-,43+,44-,45-,46-,47-,49-,50-,51-,52-,53?/m0/s1. The molecule has 23 heteroatoms. The lowest BCUT2D eigenvalue weighted by atomic mass is 9.90. The highest BCUT2D eigenvalue weighted by Gasteiger charge is 2.46. The first kappa shape index (κ1) is 78.1. The van der Waals surface area contributed by atoms with E-state index >= 15 is 9.59 Å². The van der Waals surface area contributed by atoms with Gasteiger partial charge >= 0.3 is 0 Å². The van der Waals surface area contributed by atoms with Crippen molar-refractivity contribution in [3.63, 3.8) is 0 Å². The Bertz CT molecular complexity index is 2310. The van der Waals surface area contributed by atoms with E-state index in [9.17, 15) is 48.3 Å². The molecule has 1 saturated heterocycles. The van der Waals surface area contributed by atoms with Gasteiger partial charge in [0, 0.05) is 49.3 Å². The molecule has 5 N–H and O–H groups in total. The average Bonchev–Trinajstić information content (AvgIpc) is 2.16. The summed E-state index contributed by atoms with van der Waals surface area (Å²) in [5.41, 5.74) is 0. The third kappa shape index (κ3) is 21.8. The first-order valence-corrected chi connectivity index (χ1v) is 31.3. The van der Waals surface area contributed by atoms with Crippen LogP contribution in [0, 0.1) is 47.3 Å². The molecule has 23 nitrogen and oxygen atoms in total. The highest BCUT2D eigenvalue weighted by Crippen LogP contribution is 2.26. The first-order valence-electron chi connectivity index (χ1n) is 31.3. The van der Waals surface area contributed by atoms with Crippen LogP contribution in [0.4, 0.5) is 0 Å². The van der Waals surface area contributed by atoms with Crippen LogP contribution in [-0.4, -0.2) is 227 Å². The van der Waals surface area contributed by atoms with Gasteiger partial charge in [-0.25, -0.2) is 0 Å². The van der Waals surface area contributed by atoms with Gasteiger partial charge in [0.2, 0.25) is 65.0 Å². The van der Waals surface area contributed by atoms with Crippen molar-refractivity contribution in [3.05, 3.63) is 0 Å². The zero-order chi connectivity index (χ0) is 66.8. The molecule has 0 spiro atoms. The van der Waals surface area contributed by atoms with Gasteiger partial charge in [-0.05, 0) is 93.3 Å². The van der Waals surface area contributed by atoms with Crippen LogP contribution >= 0.6 is 0 Å². The molecule has 0 bridgehead atoms. The number of hydrogen-bond acceptors (Lipinski definition) is 12. The second-order valence-electron chi connectivity index (χ2n) is 27.2. The van der Waals surface area contributed by atoms with Gasteiger partial charge in [0.15, 0.2) is 0 Å². The molecule has 86 heavy (non-hydrogen) atoms. The predicted octanol–water partition coefficient (Wildman–Crippen LogP) is 3.74. The van der Waals surface area contributed by atoms with Gasteiger partial charge < -0.3 is 60.7 Å². The minimum atomic E-state index is -1.59. The van der Waals surface area contributed by atoms with Gasteiger partial charge in [-0.15, -0.1) is 0 Å². The van der Waals surface area contributed by atoms with Gasteiger partial charge in [0.05, 0.1) is 12.6 Å². The van der Waals surface area contributed by atoms with Crippen LogP contribution in [0.2, 0.25) is 0 Å². The number of nitrogens with zero attached hydrogens (tertiary/aromatic N) is 7. The Morgan fingerprint density at radius 2 is 0.779 bits per heavy atom. The minimum absolute atomic E-state index is 0.129. The van der Waals surface area contributed by atoms with E-state index in [0.29, 0.717) is 12.8 Å². The molecule has 1 heterocycles. The normalized spacial score (nSPS) is 26.7. The van der Waals surface area contributed by atoms with Crippen LogP contribution in [0.3, 0.4) is 0 Å². The quantitative estimate of drug-likeness (QED) is 0.148. The summed E-state index contributed by atoms with van der Waals surface area (Å²) in [4.78, 5) is 169.